The van der Waals surface area contributed by atoms with Gasteiger partial charge >= 0.3 is 0 Å². The van der Waals surface area contributed by atoms with Crippen molar-refractivity contribution in [2.75, 3.05) is 6.61 Å². The second-order valence-electron chi connectivity index (χ2n) is 2.69. The third-order valence-corrected chi connectivity index (χ3v) is 1.72. The van der Waals surface area contributed by atoms with Crippen LogP contribution in [0.5, 0.6) is 0 Å². The lowest BCUT2D eigenvalue weighted by Gasteiger charge is -2.06. The first-order chi connectivity index (χ1) is 5.20. The van der Waals surface area contributed by atoms with Crippen molar-refractivity contribution in [3.05, 3.63) is 11.6 Å². The van der Waals surface area contributed by atoms with Crippen molar-refractivity contribution in [1.29, 1.82) is 0 Å². The molecule has 0 radical (unpaired) electrons. The highest BCUT2D eigenvalue weighted by Crippen LogP contribution is 2.14. The zero-order chi connectivity index (χ0) is 8.27. The Balaban J connectivity index is 2.49. The van der Waals surface area contributed by atoms with Gasteiger partial charge in [0.15, 0.2) is 0 Å². The lowest BCUT2D eigenvalue weighted by Crippen LogP contribution is -2.24. The monoisotopic (exact) mass is 155 g/mol. The van der Waals surface area contributed by atoms with Crippen LogP contribution < -0.4 is 5.11 Å². The molecule has 1 saturated heterocycles. The highest BCUT2D eigenvalue weighted by molar-refractivity contribution is 5.83. The third-order valence-electron chi connectivity index (χ3n) is 1.72. The van der Waals surface area contributed by atoms with Crippen LogP contribution in [-0.4, -0.2) is 18.7 Å². The SMILES string of the molecule is C/C(=C\C1CCCO1)C(=O)[O-]. The number of carboxylic acid groups (broad SMARTS) is 1. The molecule has 0 amide bonds. The van der Waals surface area contributed by atoms with Crippen molar-refractivity contribution < 1.29 is 14.6 Å². The van der Waals surface area contributed by atoms with E-state index in [1.54, 1.807) is 6.08 Å². The van der Waals surface area contributed by atoms with Crippen LogP contribution >= 0.6 is 0 Å². The van der Waals surface area contributed by atoms with E-state index in [9.17, 15) is 9.90 Å². The summed E-state index contributed by atoms with van der Waals surface area (Å²) in [5, 5.41) is 10.3. The molecule has 11 heavy (non-hydrogen) atoms. The standard InChI is InChI=1S/C8H12O3/c1-6(8(9)10)5-7-3-2-4-11-7/h5,7H,2-4H2,1H3,(H,9,10)/p-1/b6-5+. The van der Waals surface area contributed by atoms with E-state index in [1.807, 2.05) is 0 Å². The van der Waals surface area contributed by atoms with Crippen molar-refractivity contribution in [2.24, 2.45) is 0 Å². The van der Waals surface area contributed by atoms with Crippen LogP contribution in [0.1, 0.15) is 19.8 Å². The Bertz CT molecular complexity index is 178. The highest BCUT2D eigenvalue weighted by Gasteiger charge is 2.12. The van der Waals surface area contributed by atoms with Crippen molar-refractivity contribution in [3.8, 4) is 0 Å². The zero-order valence-corrected chi connectivity index (χ0v) is 6.50. The van der Waals surface area contributed by atoms with Crippen molar-refractivity contribution in [3.63, 3.8) is 0 Å². The van der Waals surface area contributed by atoms with E-state index in [4.69, 9.17) is 4.74 Å². The minimum absolute atomic E-state index is 0.00657. The average molecular weight is 155 g/mol. The van der Waals surface area contributed by atoms with Gasteiger partial charge in [-0.25, -0.2) is 0 Å². The molecule has 0 saturated carbocycles. The van der Waals surface area contributed by atoms with Gasteiger partial charge in [-0.15, -0.1) is 0 Å². The average Bonchev–Trinajstić information content (AvgIpc) is 2.39. The van der Waals surface area contributed by atoms with Gasteiger partial charge < -0.3 is 14.6 Å². The predicted octanol–water partition coefficient (Wildman–Crippen LogP) is -0.138. The molecular weight excluding hydrogens is 144 g/mol. The van der Waals surface area contributed by atoms with E-state index in [0.29, 0.717) is 0 Å². The molecule has 0 N–H and O–H groups in total. The second kappa shape index (κ2) is 3.53. The Morgan fingerprint density at radius 2 is 2.45 bits per heavy atom. The van der Waals surface area contributed by atoms with E-state index in [0.717, 1.165) is 19.4 Å². The molecule has 1 heterocycles. The Kier molecular flexibility index (Phi) is 2.65. The van der Waals surface area contributed by atoms with Crippen molar-refractivity contribution in [2.45, 2.75) is 25.9 Å². The maximum Gasteiger partial charge on any atom is 0.0762 e. The molecule has 1 unspecified atom stereocenters. The normalized spacial score (nSPS) is 25.5. The number of ether oxygens (including phenoxy) is 1. The van der Waals surface area contributed by atoms with E-state index in [1.165, 1.54) is 6.92 Å². The summed E-state index contributed by atoms with van der Waals surface area (Å²) in [7, 11) is 0. The summed E-state index contributed by atoms with van der Waals surface area (Å²) < 4.78 is 5.21. The lowest BCUT2D eigenvalue weighted by molar-refractivity contribution is -0.299. The summed E-state index contributed by atoms with van der Waals surface area (Å²) in [4.78, 5) is 10.3. The van der Waals surface area contributed by atoms with Crippen LogP contribution in [0.2, 0.25) is 0 Å². The molecule has 0 bridgehead atoms. The summed E-state index contributed by atoms with van der Waals surface area (Å²) >= 11 is 0. The molecule has 0 aliphatic carbocycles. The van der Waals surface area contributed by atoms with Crippen LogP contribution in [0.3, 0.4) is 0 Å². The maximum atomic E-state index is 10.3. The predicted molar refractivity (Wildman–Crippen MR) is 37.7 cm³/mol. The molecule has 62 valence electrons. The second-order valence-corrected chi connectivity index (χ2v) is 2.69. The molecule has 1 rings (SSSR count). The van der Waals surface area contributed by atoms with Crippen LogP contribution in [0.4, 0.5) is 0 Å². The Morgan fingerprint density at radius 1 is 1.73 bits per heavy atom. The summed E-state index contributed by atoms with van der Waals surface area (Å²) in [5.74, 6) is -1.11. The molecule has 0 spiro atoms. The van der Waals surface area contributed by atoms with Gasteiger partial charge in [-0.1, -0.05) is 6.08 Å². The maximum absolute atomic E-state index is 10.3. The molecule has 0 aromatic rings. The first-order valence-electron chi connectivity index (χ1n) is 3.71. The van der Waals surface area contributed by atoms with E-state index >= 15 is 0 Å². The summed E-state index contributed by atoms with van der Waals surface area (Å²) in [5.41, 5.74) is 0.261. The fourth-order valence-corrected chi connectivity index (χ4v) is 1.08. The largest absolute Gasteiger partial charge is 0.545 e. The van der Waals surface area contributed by atoms with Gasteiger partial charge in [-0.05, 0) is 25.3 Å². The minimum Gasteiger partial charge on any atom is -0.545 e. The van der Waals surface area contributed by atoms with E-state index in [-0.39, 0.29) is 11.7 Å². The molecule has 0 aromatic carbocycles. The van der Waals surface area contributed by atoms with Gasteiger partial charge in [0.25, 0.3) is 0 Å². The van der Waals surface area contributed by atoms with Gasteiger partial charge in [-0.3, -0.25) is 0 Å². The summed E-state index contributed by atoms with van der Waals surface area (Å²) in [6.45, 7) is 2.26. The number of carboxylic acids is 1. The molecule has 1 aliphatic rings. The van der Waals surface area contributed by atoms with Gasteiger partial charge in [0.05, 0.1) is 12.1 Å². The van der Waals surface area contributed by atoms with Gasteiger partial charge in [0.1, 0.15) is 0 Å². The Labute approximate surface area is 65.7 Å². The van der Waals surface area contributed by atoms with Crippen molar-refractivity contribution in [1.82, 2.24) is 0 Å². The molecule has 0 aromatic heterocycles. The Hall–Kier alpha value is -0.830. The van der Waals surface area contributed by atoms with Gasteiger partial charge in [0.2, 0.25) is 0 Å². The first-order valence-corrected chi connectivity index (χ1v) is 3.71. The summed E-state index contributed by atoms with van der Waals surface area (Å²) in [6, 6.07) is 0. The smallest absolute Gasteiger partial charge is 0.0762 e. The van der Waals surface area contributed by atoms with Gasteiger partial charge in [0, 0.05) is 6.61 Å². The molecule has 1 aliphatic heterocycles. The number of aliphatic carboxylic acids is 1. The molecule has 1 fully saturated rings. The van der Waals surface area contributed by atoms with Crippen LogP contribution in [0.25, 0.3) is 0 Å². The lowest BCUT2D eigenvalue weighted by atomic mass is 10.2. The van der Waals surface area contributed by atoms with Crippen molar-refractivity contribution >= 4 is 5.97 Å². The van der Waals surface area contributed by atoms with E-state index < -0.39 is 5.97 Å². The number of hydrogen-bond donors (Lipinski definition) is 0. The van der Waals surface area contributed by atoms with Crippen LogP contribution in [0.15, 0.2) is 11.6 Å². The number of carbonyl (C=O) groups excluding carboxylic acids is 1. The number of hydrogen-bond acceptors (Lipinski definition) is 3. The number of carbonyl (C=O) groups is 1. The minimum atomic E-state index is -1.11. The van der Waals surface area contributed by atoms with Crippen LogP contribution in [-0.2, 0) is 9.53 Å². The van der Waals surface area contributed by atoms with Gasteiger partial charge in [-0.2, -0.15) is 0 Å². The third kappa shape index (κ3) is 2.35. The van der Waals surface area contributed by atoms with Crippen LogP contribution in [0, 0.1) is 0 Å². The quantitative estimate of drug-likeness (QED) is 0.521. The molecule has 3 nitrogen and oxygen atoms in total. The summed E-state index contributed by atoms with van der Waals surface area (Å²) in [6.07, 6.45) is 3.54. The highest BCUT2D eigenvalue weighted by atomic mass is 16.5. The molecule has 1 atom stereocenters. The number of rotatable bonds is 2. The molecule has 3 heteroatoms. The zero-order valence-electron chi connectivity index (χ0n) is 6.50. The van der Waals surface area contributed by atoms with E-state index in [2.05, 4.69) is 0 Å². The topological polar surface area (TPSA) is 49.4 Å². The first kappa shape index (κ1) is 8.27. The molecular formula is C8H11O3-. The fourth-order valence-electron chi connectivity index (χ4n) is 1.08. The fraction of sp³-hybridized carbons (Fsp3) is 0.625. The Morgan fingerprint density at radius 3 is 2.91 bits per heavy atom.